The van der Waals surface area contributed by atoms with Crippen LogP contribution in [0, 0.1) is 13.8 Å². The zero-order chi connectivity index (χ0) is 22.3. The van der Waals surface area contributed by atoms with Gasteiger partial charge in [0.25, 0.3) is 0 Å². The van der Waals surface area contributed by atoms with E-state index in [1.165, 1.54) is 81.1 Å². The lowest BCUT2D eigenvalue weighted by Crippen LogP contribution is -2.30. The fourth-order valence-corrected chi connectivity index (χ4v) is 6.64. The molecule has 7 rings (SSSR count). The molecule has 0 radical (unpaired) electrons. The Morgan fingerprint density at radius 1 is 0.818 bits per heavy atom. The molecule has 0 amide bonds. The van der Waals surface area contributed by atoms with Crippen LogP contribution in [-0.4, -0.2) is 0 Å². The van der Waals surface area contributed by atoms with Crippen molar-refractivity contribution in [1.82, 2.24) is 0 Å². The van der Waals surface area contributed by atoms with E-state index in [1.807, 2.05) is 0 Å². The molecule has 0 saturated heterocycles. The molecule has 2 aliphatic rings. The lowest BCUT2D eigenvalue weighted by Gasteiger charge is -2.26. The number of benzene rings is 3. The Hall–Kier alpha value is -3.39. The number of hydrogen-bond acceptors (Lipinski definition) is 1. The highest BCUT2D eigenvalue weighted by atomic mass is 16.3. The Kier molecular flexibility index (Phi) is 3.81. The zero-order valence-electron chi connectivity index (χ0n) is 19.5. The molecule has 2 nitrogen and oxygen atoms in total. The largest absolute Gasteiger partial charge is 0.455 e. The van der Waals surface area contributed by atoms with Gasteiger partial charge in [-0.3, -0.25) is 0 Å². The number of aryl methyl sites for hydroxylation is 3. The average Bonchev–Trinajstić information content (AvgIpc) is 3.51. The van der Waals surface area contributed by atoms with Crippen molar-refractivity contribution in [2.24, 2.45) is 7.05 Å². The Morgan fingerprint density at radius 2 is 1.64 bits per heavy atom. The van der Waals surface area contributed by atoms with Gasteiger partial charge in [0.15, 0.2) is 6.20 Å². The van der Waals surface area contributed by atoms with E-state index in [1.54, 1.807) is 0 Å². The van der Waals surface area contributed by atoms with E-state index < -0.39 is 0 Å². The summed E-state index contributed by atoms with van der Waals surface area (Å²) in [6.45, 7) is 4.34. The van der Waals surface area contributed by atoms with Crippen molar-refractivity contribution in [2.75, 3.05) is 0 Å². The summed E-state index contributed by atoms with van der Waals surface area (Å²) in [5.74, 6) is 0. The van der Waals surface area contributed by atoms with E-state index >= 15 is 0 Å². The molecule has 2 aromatic heterocycles. The van der Waals surface area contributed by atoms with Gasteiger partial charge in [-0.05, 0) is 72.2 Å². The molecule has 0 unspecified atom stereocenters. The highest BCUT2D eigenvalue weighted by Crippen LogP contribution is 2.58. The maximum atomic E-state index is 6.73. The maximum Gasteiger partial charge on any atom is 0.216 e. The molecule has 0 bridgehead atoms. The van der Waals surface area contributed by atoms with Crippen LogP contribution in [0.5, 0.6) is 0 Å². The van der Waals surface area contributed by atoms with Crippen LogP contribution in [0.3, 0.4) is 0 Å². The van der Waals surface area contributed by atoms with Gasteiger partial charge in [0.2, 0.25) is 5.69 Å². The van der Waals surface area contributed by atoms with Gasteiger partial charge in [-0.1, -0.05) is 49.2 Å². The lowest BCUT2D eigenvalue weighted by molar-refractivity contribution is -0.660. The molecule has 162 valence electrons. The molecule has 0 N–H and O–H groups in total. The van der Waals surface area contributed by atoms with Crippen LogP contribution in [0.4, 0.5) is 0 Å². The van der Waals surface area contributed by atoms with Gasteiger partial charge in [0, 0.05) is 28.3 Å². The molecule has 1 spiro atoms. The summed E-state index contributed by atoms with van der Waals surface area (Å²) >= 11 is 0. The van der Waals surface area contributed by atoms with Crippen LogP contribution in [0.1, 0.15) is 47.9 Å². The van der Waals surface area contributed by atoms with Gasteiger partial charge in [-0.15, -0.1) is 0 Å². The minimum absolute atomic E-state index is 0.167. The second-order valence-corrected chi connectivity index (χ2v) is 10.2. The van der Waals surface area contributed by atoms with Crippen molar-refractivity contribution in [3.63, 3.8) is 0 Å². The van der Waals surface area contributed by atoms with Gasteiger partial charge in [0.05, 0.1) is 5.56 Å². The number of aromatic nitrogens is 1. The molecule has 1 fully saturated rings. The number of rotatable bonds is 1. The van der Waals surface area contributed by atoms with Crippen LogP contribution in [0.25, 0.3) is 44.3 Å². The Labute approximate surface area is 194 Å². The number of pyridine rings is 1. The summed E-state index contributed by atoms with van der Waals surface area (Å²) in [4.78, 5) is 0. The van der Waals surface area contributed by atoms with Crippen LogP contribution in [0.2, 0.25) is 0 Å². The van der Waals surface area contributed by atoms with Crippen molar-refractivity contribution < 1.29 is 8.98 Å². The highest BCUT2D eigenvalue weighted by Gasteiger charge is 2.45. The first-order chi connectivity index (χ1) is 16.1. The molecule has 2 heteroatoms. The Bertz CT molecular complexity index is 1600. The summed E-state index contributed by atoms with van der Waals surface area (Å²) in [6, 6.07) is 22.8. The standard InChI is InChI=1S/C31H28NO/c1-19-12-15-32(3)27(16-19)29-20(2)10-11-22-24-17-23-21-8-4-5-9-25(21)31(13-6-7-14-31)26(23)18-28(24)33-30(22)29/h4-5,8-12,15-18H,6-7,13-14H2,1-3H3/q+1. The molecule has 5 aromatic rings. The van der Waals surface area contributed by atoms with E-state index in [9.17, 15) is 0 Å². The minimum atomic E-state index is 0.167. The normalized spacial score (nSPS) is 16.1. The average molecular weight is 431 g/mol. The summed E-state index contributed by atoms with van der Waals surface area (Å²) in [6.07, 6.45) is 7.23. The van der Waals surface area contributed by atoms with Crippen molar-refractivity contribution in [1.29, 1.82) is 0 Å². The van der Waals surface area contributed by atoms with Crippen molar-refractivity contribution in [2.45, 2.75) is 44.9 Å². The fourth-order valence-electron chi connectivity index (χ4n) is 6.64. The lowest BCUT2D eigenvalue weighted by atomic mass is 9.77. The maximum absolute atomic E-state index is 6.73. The molecule has 2 heterocycles. The van der Waals surface area contributed by atoms with E-state index in [4.69, 9.17) is 4.42 Å². The highest BCUT2D eigenvalue weighted by molar-refractivity contribution is 6.11. The quantitative estimate of drug-likeness (QED) is 0.251. The van der Waals surface area contributed by atoms with Crippen molar-refractivity contribution >= 4 is 21.9 Å². The number of hydrogen-bond donors (Lipinski definition) is 0. The summed E-state index contributed by atoms with van der Waals surface area (Å²) in [7, 11) is 2.12. The molecular formula is C31H28NO+. The SMILES string of the molecule is Cc1cc[n+](C)c(-c2c(C)ccc3c2oc2cc4c(cc23)-c2ccccc2C42CCCC2)c1. The first-order valence-corrected chi connectivity index (χ1v) is 12.1. The first kappa shape index (κ1) is 19.1. The van der Waals surface area contributed by atoms with Gasteiger partial charge in [0.1, 0.15) is 18.2 Å². The molecule has 3 aromatic carbocycles. The molecule has 33 heavy (non-hydrogen) atoms. The van der Waals surface area contributed by atoms with Gasteiger partial charge in [-0.25, -0.2) is 4.57 Å². The Morgan fingerprint density at radius 3 is 2.48 bits per heavy atom. The second kappa shape index (κ2) is 6.57. The van der Waals surface area contributed by atoms with Gasteiger partial charge < -0.3 is 4.42 Å². The fraction of sp³-hybridized carbons (Fsp3) is 0.258. The van der Waals surface area contributed by atoms with Crippen LogP contribution >= 0.6 is 0 Å². The molecule has 0 atom stereocenters. The summed E-state index contributed by atoms with van der Waals surface area (Å²) < 4.78 is 8.93. The predicted molar refractivity (Wildman–Crippen MR) is 134 cm³/mol. The summed E-state index contributed by atoms with van der Waals surface area (Å²) in [5, 5.41) is 2.44. The third-order valence-corrected chi connectivity index (χ3v) is 8.25. The third kappa shape index (κ3) is 2.47. The Balaban J connectivity index is 1.56. The molecule has 2 aliphatic carbocycles. The second-order valence-electron chi connectivity index (χ2n) is 10.2. The zero-order valence-corrected chi connectivity index (χ0v) is 19.5. The predicted octanol–water partition coefficient (Wildman–Crippen LogP) is 7.53. The molecule has 0 aliphatic heterocycles. The van der Waals surface area contributed by atoms with Gasteiger partial charge >= 0.3 is 0 Å². The van der Waals surface area contributed by atoms with E-state index in [-0.39, 0.29) is 5.41 Å². The van der Waals surface area contributed by atoms with Crippen LogP contribution < -0.4 is 4.57 Å². The van der Waals surface area contributed by atoms with E-state index in [0.717, 1.165) is 11.2 Å². The summed E-state index contributed by atoms with van der Waals surface area (Å²) in [5.41, 5.74) is 12.9. The third-order valence-electron chi connectivity index (χ3n) is 8.25. The number of nitrogens with zero attached hydrogens (tertiary/aromatic N) is 1. The first-order valence-electron chi connectivity index (χ1n) is 12.1. The van der Waals surface area contributed by atoms with Crippen LogP contribution in [-0.2, 0) is 12.5 Å². The minimum Gasteiger partial charge on any atom is -0.455 e. The number of fused-ring (bicyclic) bond motifs is 8. The monoisotopic (exact) mass is 430 g/mol. The molecular weight excluding hydrogens is 402 g/mol. The van der Waals surface area contributed by atoms with Gasteiger partial charge in [-0.2, -0.15) is 0 Å². The van der Waals surface area contributed by atoms with Crippen molar-refractivity contribution in [3.05, 3.63) is 89.1 Å². The number of furan rings is 1. The smallest absolute Gasteiger partial charge is 0.216 e. The van der Waals surface area contributed by atoms with E-state index in [0.29, 0.717) is 0 Å². The topological polar surface area (TPSA) is 17.0 Å². The van der Waals surface area contributed by atoms with Crippen molar-refractivity contribution in [3.8, 4) is 22.4 Å². The molecule has 1 saturated carbocycles. The van der Waals surface area contributed by atoms with Crippen LogP contribution in [0.15, 0.2) is 71.3 Å². The van der Waals surface area contributed by atoms with E-state index in [2.05, 4.69) is 92.3 Å².